The van der Waals surface area contributed by atoms with Crippen LogP contribution in [-0.4, -0.2) is 20.0 Å². The van der Waals surface area contributed by atoms with E-state index in [1.165, 1.54) is 0 Å². The average molecular weight is 252 g/mol. The van der Waals surface area contributed by atoms with Gasteiger partial charge in [0, 0.05) is 11.8 Å². The van der Waals surface area contributed by atoms with E-state index in [-0.39, 0.29) is 11.5 Å². The Hall–Kier alpha value is -2.75. The zero-order valence-corrected chi connectivity index (χ0v) is 10.1. The van der Waals surface area contributed by atoms with Gasteiger partial charge in [-0.2, -0.15) is 5.10 Å². The van der Waals surface area contributed by atoms with Crippen molar-refractivity contribution >= 4 is 0 Å². The van der Waals surface area contributed by atoms with E-state index in [2.05, 4.69) is 5.10 Å². The Morgan fingerprint density at radius 2 is 1.32 bits per heavy atom. The molecule has 3 rings (SSSR count). The minimum atomic E-state index is 0.231. The van der Waals surface area contributed by atoms with E-state index in [1.54, 1.807) is 41.1 Å². The van der Waals surface area contributed by atoms with Crippen molar-refractivity contribution in [3.8, 4) is 28.4 Å². The summed E-state index contributed by atoms with van der Waals surface area (Å²) in [5.74, 6) is 0.469. The standard InChI is InChI=1S/C15H12N2O2/c18-13-5-1-11(2-6-13)15-9-10-17(16-15)12-3-7-14(19)8-4-12/h1-10,18-19H. The predicted octanol–water partition coefficient (Wildman–Crippen LogP) is 2.95. The molecular weight excluding hydrogens is 240 g/mol. The molecule has 3 aromatic rings. The summed E-state index contributed by atoms with van der Waals surface area (Å²) in [7, 11) is 0. The number of hydrogen-bond acceptors (Lipinski definition) is 3. The molecule has 0 unspecified atom stereocenters. The maximum absolute atomic E-state index is 9.26. The fourth-order valence-corrected chi connectivity index (χ4v) is 1.86. The highest BCUT2D eigenvalue weighted by molar-refractivity contribution is 5.60. The van der Waals surface area contributed by atoms with Crippen molar-refractivity contribution in [3.05, 3.63) is 60.8 Å². The molecule has 1 heterocycles. The second-order valence-corrected chi connectivity index (χ2v) is 4.21. The lowest BCUT2D eigenvalue weighted by molar-refractivity contribution is 0.475. The summed E-state index contributed by atoms with van der Waals surface area (Å²) in [5.41, 5.74) is 2.64. The highest BCUT2D eigenvalue weighted by Gasteiger charge is 2.04. The minimum Gasteiger partial charge on any atom is -0.508 e. The molecule has 0 spiro atoms. The Morgan fingerprint density at radius 1 is 0.737 bits per heavy atom. The maximum Gasteiger partial charge on any atom is 0.115 e. The molecular formula is C15H12N2O2. The van der Waals surface area contributed by atoms with Gasteiger partial charge < -0.3 is 10.2 Å². The highest BCUT2D eigenvalue weighted by Crippen LogP contribution is 2.21. The fourth-order valence-electron chi connectivity index (χ4n) is 1.86. The van der Waals surface area contributed by atoms with E-state index in [0.29, 0.717) is 0 Å². The lowest BCUT2D eigenvalue weighted by atomic mass is 10.1. The number of phenolic OH excluding ortho intramolecular Hbond substituents is 2. The van der Waals surface area contributed by atoms with Crippen LogP contribution in [0.15, 0.2) is 60.8 Å². The number of hydrogen-bond donors (Lipinski definition) is 2. The average Bonchev–Trinajstić information content (AvgIpc) is 2.90. The number of aromatic nitrogens is 2. The predicted molar refractivity (Wildman–Crippen MR) is 72.3 cm³/mol. The van der Waals surface area contributed by atoms with Crippen LogP contribution in [0.1, 0.15) is 0 Å². The van der Waals surface area contributed by atoms with Crippen LogP contribution in [0.5, 0.6) is 11.5 Å². The van der Waals surface area contributed by atoms with Gasteiger partial charge in [0.1, 0.15) is 11.5 Å². The topological polar surface area (TPSA) is 58.3 Å². The van der Waals surface area contributed by atoms with E-state index in [9.17, 15) is 10.2 Å². The second-order valence-electron chi connectivity index (χ2n) is 4.21. The molecule has 94 valence electrons. The van der Waals surface area contributed by atoms with Gasteiger partial charge in [0.15, 0.2) is 0 Å². The van der Waals surface area contributed by atoms with Gasteiger partial charge in [-0.25, -0.2) is 4.68 Å². The third-order valence-electron chi connectivity index (χ3n) is 2.87. The Bertz CT molecular complexity index is 625. The zero-order chi connectivity index (χ0) is 13.2. The highest BCUT2D eigenvalue weighted by atomic mass is 16.3. The van der Waals surface area contributed by atoms with Crippen molar-refractivity contribution in [1.82, 2.24) is 9.78 Å². The van der Waals surface area contributed by atoms with Gasteiger partial charge >= 0.3 is 0 Å². The van der Waals surface area contributed by atoms with Crippen molar-refractivity contribution in [1.29, 1.82) is 0 Å². The monoisotopic (exact) mass is 252 g/mol. The van der Waals surface area contributed by atoms with Gasteiger partial charge in [0.2, 0.25) is 0 Å². The lowest BCUT2D eigenvalue weighted by Crippen LogP contribution is -1.94. The van der Waals surface area contributed by atoms with Crippen molar-refractivity contribution < 1.29 is 10.2 Å². The summed E-state index contributed by atoms with van der Waals surface area (Å²) in [6, 6.07) is 15.6. The molecule has 0 saturated carbocycles. The largest absolute Gasteiger partial charge is 0.508 e. The molecule has 0 radical (unpaired) electrons. The quantitative estimate of drug-likeness (QED) is 0.737. The van der Waals surface area contributed by atoms with E-state index in [1.807, 2.05) is 24.4 Å². The molecule has 0 bridgehead atoms. The number of benzene rings is 2. The first-order chi connectivity index (χ1) is 9.22. The normalized spacial score (nSPS) is 10.5. The number of aromatic hydroxyl groups is 2. The molecule has 0 saturated heterocycles. The van der Waals surface area contributed by atoms with E-state index >= 15 is 0 Å². The van der Waals surface area contributed by atoms with Gasteiger partial charge in [0.05, 0.1) is 11.4 Å². The Morgan fingerprint density at radius 3 is 1.95 bits per heavy atom. The molecule has 1 aromatic heterocycles. The molecule has 4 heteroatoms. The summed E-state index contributed by atoms with van der Waals surface area (Å²) in [6.07, 6.45) is 1.86. The van der Waals surface area contributed by atoms with Crippen LogP contribution in [0.25, 0.3) is 16.9 Å². The summed E-state index contributed by atoms with van der Waals surface area (Å²) in [6.45, 7) is 0. The van der Waals surface area contributed by atoms with Crippen molar-refractivity contribution in [2.45, 2.75) is 0 Å². The van der Waals surface area contributed by atoms with E-state index in [0.717, 1.165) is 16.9 Å². The van der Waals surface area contributed by atoms with Crippen LogP contribution in [0.3, 0.4) is 0 Å². The molecule has 0 atom stereocenters. The van der Waals surface area contributed by atoms with E-state index < -0.39 is 0 Å². The Kier molecular flexibility index (Phi) is 2.68. The summed E-state index contributed by atoms with van der Waals surface area (Å²) >= 11 is 0. The van der Waals surface area contributed by atoms with E-state index in [4.69, 9.17) is 0 Å². The van der Waals surface area contributed by atoms with Crippen LogP contribution in [-0.2, 0) is 0 Å². The molecule has 0 fully saturated rings. The first-order valence-corrected chi connectivity index (χ1v) is 5.87. The van der Waals surface area contributed by atoms with Gasteiger partial charge in [-0.1, -0.05) is 0 Å². The summed E-state index contributed by atoms with van der Waals surface area (Å²) < 4.78 is 1.74. The Balaban J connectivity index is 1.95. The molecule has 2 N–H and O–H groups in total. The van der Waals surface area contributed by atoms with Crippen molar-refractivity contribution in [2.75, 3.05) is 0 Å². The number of nitrogens with zero attached hydrogens (tertiary/aromatic N) is 2. The van der Waals surface area contributed by atoms with Crippen LogP contribution < -0.4 is 0 Å². The first-order valence-electron chi connectivity index (χ1n) is 5.87. The minimum absolute atomic E-state index is 0.231. The molecule has 0 amide bonds. The molecule has 0 aliphatic heterocycles. The summed E-state index contributed by atoms with van der Waals surface area (Å²) in [5, 5.41) is 23.0. The second kappa shape index (κ2) is 4.49. The number of phenols is 2. The third kappa shape index (κ3) is 2.28. The first kappa shape index (κ1) is 11.3. The number of rotatable bonds is 2. The van der Waals surface area contributed by atoms with Crippen LogP contribution in [0.4, 0.5) is 0 Å². The molecule has 0 aliphatic rings. The zero-order valence-electron chi connectivity index (χ0n) is 10.1. The molecule has 0 aliphatic carbocycles. The molecule has 4 nitrogen and oxygen atoms in total. The van der Waals surface area contributed by atoms with Crippen molar-refractivity contribution in [2.24, 2.45) is 0 Å². The molecule has 19 heavy (non-hydrogen) atoms. The van der Waals surface area contributed by atoms with Gasteiger partial charge in [-0.05, 0) is 54.6 Å². The summed E-state index contributed by atoms with van der Waals surface area (Å²) in [4.78, 5) is 0. The SMILES string of the molecule is Oc1ccc(-c2ccn(-c3ccc(O)cc3)n2)cc1. The van der Waals surface area contributed by atoms with Gasteiger partial charge in [-0.3, -0.25) is 0 Å². The van der Waals surface area contributed by atoms with Gasteiger partial charge in [-0.15, -0.1) is 0 Å². The van der Waals surface area contributed by atoms with Gasteiger partial charge in [0.25, 0.3) is 0 Å². The maximum atomic E-state index is 9.26. The van der Waals surface area contributed by atoms with Crippen LogP contribution in [0, 0.1) is 0 Å². The Labute approximate surface area is 110 Å². The molecule has 2 aromatic carbocycles. The van der Waals surface area contributed by atoms with Crippen LogP contribution >= 0.6 is 0 Å². The smallest absolute Gasteiger partial charge is 0.115 e. The van der Waals surface area contributed by atoms with Crippen LogP contribution in [0.2, 0.25) is 0 Å². The van der Waals surface area contributed by atoms with Crippen molar-refractivity contribution in [3.63, 3.8) is 0 Å². The fraction of sp³-hybridized carbons (Fsp3) is 0. The third-order valence-corrected chi connectivity index (χ3v) is 2.87. The lowest BCUT2D eigenvalue weighted by Gasteiger charge is -2.01.